The van der Waals surface area contributed by atoms with Gasteiger partial charge in [-0.3, -0.25) is 9.69 Å². The molecule has 2 aromatic carbocycles. The van der Waals surface area contributed by atoms with Crippen molar-refractivity contribution in [3.05, 3.63) is 62.5 Å². The molecule has 8 heteroatoms. The lowest BCUT2D eigenvalue weighted by Gasteiger charge is -2.14. The molecule has 0 aliphatic carbocycles. The topological polar surface area (TPSA) is 38.8 Å². The van der Waals surface area contributed by atoms with Crippen LogP contribution in [0.3, 0.4) is 0 Å². The van der Waals surface area contributed by atoms with Gasteiger partial charge in [0, 0.05) is 22.7 Å². The van der Waals surface area contributed by atoms with Crippen molar-refractivity contribution in [2.45, 2.75) is 13.5 Å². The Morgan fingerprint density at radius 1 is 1.14 bits per heavy atom. The van der Waals surface area contributed by atoms with Crippen molar-refractivity contribution in [1.82, 2.24) is 4.90 Å². The zero-order valence-corrected chi connectivity index (χ0v) is 18.3. The van der Waals surface area contributed by atoms with Gasteiger partial charge in [0.1, 0.15) is 10.9 Å². The van der Waals surface area contributed by atoms with E-state index >= 15 is 0 Å². The van der Waals surface area contributed by atoms with Crippen LogP contribution >= 0.6 is 47.2 Å². The number of carbonyl (C=O) groups excluding carboxylic acids is 1. The molecule has 0 radical (unpaired) electrons. The van der Waals surface area contributed by atoms with Crippen LogP contribution in [0.25, 0.3) is 6.08 Å². The van der Waals surface area contributed by atoms with E-state index in [1.54, 1.807) is 37.4 Å². The maximum atomic E-state index is 12.2. The molecule has 1 fully saturated rings. The predicted molar refractivity (Wildman–Crippen MR) is 119 cm³/mol. The summed E-state index contributed by atoms with van der Waals surface area (Å²) in [7, 11) is 1.67. The molecule has 1 heterocycles. The van der Waals surface area contributed by atoms with Gasteiger partial charge in [-0.25, -0.2) is 0 Å². The third-order valence-corrected chi connectivity index (χ3v) is 6.18. The van der Waals surface area contributed by atoms with Crippen LogP contribution in [0.5, 0.6) is 11.5 Å². The van der Waals surface area contributed by atoms with Gasteiger partial charge in [-0.15, -0.1) is 0 Å². The second-order valence-corrected chi connectivity index (χ2v) is 8.36. The molecule has 28 heavy (non-hydrogen) atoms. The second-order valence-electron chi connectivity index (χ2n) is 5.87. The Morgan fingerprint density at radius 2 is 1.86 bits per heavy atom. The number of nitrogens with zero attached hydrogens (tertiary/aromatic N) is 1. The molecular formula is C20H17Cl2NO3S2. The molecule has 2 aromatic rings. The molecule has 4 nitrogen and oxygen atoms in total. The maximum Gasteiger partial charge on any atom is 0.265 e. The van der Waals surface area contributed by atoms with Crippen molar-refractivity contribution in [3.8, 4) is 11.5 Å². The summed E-state index contributed by atoms with van der Waals surface area (Å²) in [6.07, 6.45) is 1.79. The number of rotatable bonds is 6. The first-order valence-corrected chi connectivity index (χ1v) is 10.4. The Morgan fingerprint density at radius 3 is 2.46 bits per heavy atom. The maximum absolute atomic E-state index is 12.2. The summed E-state index contributed by atoms with van der Waals surface area (Å²) in [5, 5.41) is 1.09. The fourth-order valence-electron chi connectivity index (χ4n) is 2.52. The quantitative estimate of drug-likeness (QED) is 0.407. The first kappa shape index (κ1) is 21.0. The number of thiocarbonyl (C=S) groups is 1. The first-order valence-electron chi connectivity index (χ1n) is 8.44. The van der Waals surface area contributed by atoms with Gasteiger partial charge in [0.15, 0.2) is 11.5 Å². The van der Waals surface area contributed by atoms with E-state index in [0.29, 0.717) is 42.9 Å². The Hall–Kier alpha value is -1.73. The minimum absolute atomic E-state index is 0.110. The minimum atomic E-state index is -0.110. The molecule has 1 aliphatic heterocycles. The van der Waals surface area contributed by atoms with Crippen LogP contribution in [0.2, 0.25) is 10.0 Å². The van der Waals surface area contributed by atoms with Crippen LogP contribution in [-0.2, 0) is 11.4 Å². The van der Waals surface area contributed by atoms with Gasteiger partial charge in [-0.2, -0.15) is 0 Å². The lowest BCUT2D eigenvalue weighted by atomic mass is 10.1. The number of hydrogen-bond donors (Lipinski definition) is 0. The molecule has 1 amide bonds. The van der Waals surface area contributed by atoms with Crippen LogP contribution < -0.4 is 9.47 Å². The van der Waals surface area contributed by atoms with Gasteiger partial charge >= 0.3 is 0 Å². The highest BCUT2D eigenvalue weighted by atomic mass is 35.5. The summed E-state index contributed by atoms with van der Waals surface area (Å²) in [4.78, 5) is 14.2. The SMILES string of the molecule is CCOc1cc(C=C2SC(=S)N(C)C2=O)ccc1OCc1c(Cl)cccc1Cl. The molecule has 1 aliphatic rings. The van der Waals surface area contributed by atoms with Gasteiger partial charge < -0.3 is 9.47 Å². The zero-order valence-electron chi connectivity index (χ0n) is 15.2. The van der Waals surface area contributed by atoms with E-state index in [-0.39, 0.29) is 12.5 Å². The monoisotopic (exact) mass is 453 g/mol. The van der Waals surface area contributed by atoms with E-state index in [9.17, 15) is 4.79 Å². The Balaban J connectivity index is 1.83. The van der Waals surface area contributed by atoms with E-state index in [2.05, 4.69) is 0 Å². The van der Waals surface area contributed by atoms with Crippen molar-refractivity contribution >= 4 is 63.5 Å². The second kappa shape index (κ2) is 9.18. The van der Waals surface area contributed by atoms with E-state index in [4.69, 9.17) is 44.9 Å². The summed E-state index contributed by atoms with van der Waals surface area (Å²) in [5.41, 5.74) is 1.53. The van der Waals surface area contributed by atoms with Gasteiger partial charge in [0.05, 0.1) is 11.5 Å². The fraction of sp³-hybridized carbons (Fsp3) is 0.200. The Kier molecular flexibility index (Phi) is 6.88. The normalized spacial score (nSPS) is 15.4. The number of carbonyl (C=O) groups is 1. The molecule has 0 spiro atoms. The van der Waals surface area contributed by atoms with Crippen molar-refractivity contribution in [3.63, 3.8) is 0 Å². The van der Waals surface area contributed by atoms with Gasteiger partial charge in [-0.05, 0) is 42.8 Å². The average Bonchev–Trinajstić information content (AvgIpc) is 2.90. The molecule has 0 aromatic heterocycles. The number of benzene rings is 2. The first-order chi connectivity index (χ1) is 13.4. The van der Waals surface area contributed by atoms with Crippen LogP contribution in [0.4, 0.5) is 0 Å². The van der Waals surface area contributed by atoms with E-state index < -0.39 is 0 Å². The minimum Gasteiger partial charge on any atom is -0.490 e. The van der Waals surface area contributed by atoms with E-state index in [0.717, 1.165) is 5.56 Å². The summed E-state index contributed by atoms with van der Waals surface area (Å²) < 4.78 is 12.2. The molecular weight excluding hydrogens is 437 g/mol. The Labute approximate surface area is 183 Å². The van der Waals surface area contributed by atoms with Gasteiger partial charge in [0.25, 0.3) is 5.91 Å². The molecule has 0 atom stereocenters. The van der Waals surface area contributed by atoms with Crippen LogP contribution in [0.1, 0.15) is 18.1 Å². The molecule has 0 unspecified atom stereocenters. The molecule has 0 saturated carbocycles. The lowest BCUT2D eigenvalue weighted by Crippen LogP contribution is -2.22. The average molecular weight is 454 g/mol. The smallest absolute Gasteiger partial charge is 0.265 e. The highest BCUT2D eigenvalue weighted by molar-refractivity contribution is 8.26. The summed E-state index contributed by atoms with van der Waals surface area (Å²) in [5.74, 6) is 1.03. The third-order valence-electron chi connectivity index (χ3n) is 3.99. The van der Waals surface area contributed by atoms with E-state index in [1.165, 1.54) is 16.7 Å². The standard InChI is InChI=1S/C20H17Cl2NO3S2/c1-3-25-17-9-12(10-18-19(24)23(2)20(27)28-18)7-8-16(17)26-11-13-14(21)5-4-6-15(13)22/h4-10H,3,11H2,1-2H3. The number of hydrogen-bond acceptors (Lipinski definition) is 5. The van der Waals surface area contributed by atoms with Crippen LogP contribution in [0.15, 0.2) is 41.3 Å². The molecule has 1 saturated heterocycles. The predicted octanol–water partition coefficient (Wildman–Crippen LogP) is 5.80. The number of amides is 1. The van der Waals surface area contributed by atoms with Crippen molar-refractivity contribution < 1.29 is 14.3 Å². The van der Waals surface area contributed by atoms with E-state index in [1.807, 2.05) is 19.1 Å². The van der Waals surface area contributed by atoms with Crippen LogP contribution in [0, 0.1) is 0 Å². The Bertz CT molecular complexity index is 942. The highest BCUT2D eigenvalue weighted by Crippen LogP contribution is 2.35. The summed E-state index contributed by atoms with van der Waals surface area (Å²) in [6.45, 7) is 2.58. The number of ether oxygens (including phenoxy) is 2. The summed E-state index contributed by atoms with van der Waals surface area (Å²) >= 11 is 18.8. The van der Waals surface area contributed by atoms with Crippen molar-refractivity contribution in [2.24, 2.45) is 0 Å². The number of halogens is 2. The number of thioether (sulfide) groups is 1. The zero-order chi connectivity index (χ0) is 20.3. The van der Waals surface area contributed by atoms with Crippen molar-refractivity contribution in [1.29, 1.82) is 0 Å². The van der Waals surface area contributed by atoms with Crippen molar-refractivity contribution in [2.75, 3.05) is 13.7 Å². The van der Waals surface area contributed by atoms with Gasteiger partial charge in [-0.1, -0.05) is 59.3 Å². The summed E-state index contributed by atoms with van der Waals surface area (Å²) in [6, 6.07) is 10.8. The third kappa shape index (κ3) is 4.63. The highest BCUT2D eigenvalue weighted by Gasteiger charge is 2.28. The van der Waals surface area contributed by atoms with Crippen LogP contribution in [-0.4, -0.2) is 28.8 Å². The largest absolute Gasteiger partial charge is 0.490 e. The lowest BCUT2D eigenvalue weighted by molar-refractivity contribution is -0.121. The fourth-order valence-corrected chi connectivity index (χ4v) is 4.21. The van der Waals surface area contributed by atoms with Gasteiger partial charge in [0.2, 0.25) is 0 Å². The molecule has 0 bridgehead atoms. The number of likely N-dealkylation sites (N-methyl/N-ethyl adjacent to an activating group) is 1. The molecule has 0 N–H and O–H groups in total. The molecule has 146 valence electrons. The molecule has 3 rings (SSSR count).